The Morgan fingerprint density at radius 1 is 1.00 bits per heavy atom. The highest BCUT2D eigenvalue weighted by Crippen LogP contribution is 2.47. The fourth-order valence-corrected chi connectivity index (χ4v) is 6.49. The highest BCUT2D eigenvalue weighted by atomic mass is 28.3. The third-order valence-corrected chi connectivity index (χ3v) is 9.49. The zero-order valence-corrected chi connectivity index (χ0v) is 28.1. The largest absolute Gasteiger partial charge is 0.479 e. The van der Waals surface area contributed by atoms with Crippen molar-refractivity contribution in [2.75, 3.05) is 4.90 Å². The highest BCUT2D eigenvalue weighted by molar-refractivity contribution is 6.83. The predicted octanol–water partition coefficient (Wildman–Crippen LogP) is 3.93. The second-order valence-electron chi connectivity index (χ2n) is 13.4. The monoisotopic (exact) mass is 677 g/mol. The topological polar surface area (TPSA) is 157 Å². The minimum atomic E-state index is -2.00. The molecule has 12 heteroatoms. The van der Waals surface area contributed by atoms with E-state index in [1.54, 1.807) is 29.2 Å². The van der Waals surface area contributed by atoms with Gasteiger partial charge < -0.3 is 39.9 Å². The van der Waals surface area contributed by atoms with Gasteiger partial charge in [-0.15, -0.1) is 5.54 Å². The summed E-state index contributed by atoms with van der Waals surface area (Å²) >= 11 is 0. The molecule has 5 N–H and O–H groups in total. The Bertz CT molecular complexity index is 1680. The van der Waals surface area contributed by atoms with Crippen LogP contribution < -0.4 is 9.64 Å². The van der Waals surface area contributed by atoms with Crippen LogP contribution in [0.15, 0.2) is 72.8 Å². The summed E-state index contributed by atoms with van der Waals surface area (Å²) in [5.74, 6) is -1.14. The number of halogens is 1. The fraction of sp³-hybridized carbons (Fsp3) is 0.389. The maximum absolute atomic E-state index is 13.6. The fourth-order valence-electron chi connectivity index (χ4n) is 5.97. The smallest absolute Gasteiger partial charge is 0.335 e. The zero-order valence-electron chi connectivity index (χ0n) is 27.1. The molecule has 48 heavy (non-hydrogen) atoms. The maximum atomic E-state index is 13.6. The molecule has 0 radical (unpaired) electrons. The minimum Gasteiger partial charge on any atom is -0.479 e. The van der Waals surface area contributed by atoms with Gasteiger partial charge in [0.15, 0.2) is 6.10 Å². The summed E-state index contributed by atoms with van der Waals surface area (Å²) in [4.78, 5) is 26.9. The Labute approximate surface area is 279 Å². The molecule has 3 aromatic carbocycles. The molecule has 5 rings (SSSR count). The molecule has 2 heterocycles. The predicted molar refractivity (Wildman–Crippen MR) is 177 cm³/mol. The molecular weight excluding hydrogens is 637 g/mol. The van der Waals surface area contributed by atoms with Crippen LogP contribution in [-0.2, 0) is 14.3 Å². The Balaban J connectivity index is 1.39. The van der Waals surface area contributed by atoms with Crippen LogP contribution >= 0.6 is 0 Å². The Hall–Kier alpha value is -4.09. The molecular formula is C36H40FNO9Si. The number of carboxylic acids is 1. The van der Waals surface area contributed by atoms with E-state index in [9.17, 15) is 39.5 Å². The molecule has 10 nitrogen and oxygen atoms in total. The van der Waals surface area contributed by atoms with Crippen molar-refractivity contribution in [1.29, 1.82) is 0 Å². The number of rotatable bonds is 9. The van der Waals surface area contributed by atoms with E-state index in [4.69, 9.17) is 9.47 Å². The molecule has 2 aliphatic rings. The van der Waals surface area contributed by atoms with Crippen LogP contribution in [0.5, 0.6) is 5.75 Å². The number of carboxylic acid groups (broad SMARTS) is 1. The summed E-state index contributed by atoms with van der Waals surface area (Å²) in [7, 11) is -1.58. The quantitative estimate of drug-likeness (QED) is 0.129. The first-order chi connectivity index (χ1) is 22.6. The van der Waals surface area contributed by atoms with E-state index in [2.05, 4.69) is 31.1 Å². The van der Waals surface area contributed by atoms with Crippen molar-refractivity contribution in [3.63, 3.8) is 0 Å². The average molecular weight is 678 g/mol. The number of hydrogen-bond acceptors (Lipinski definition) is 8. The molecule has 254 valence electrons. The second-order valence-corrected chi connectivity index (χ2v) is 18.2. The third-order valence-electron chi connectivity index (χ3n) is 8.61. The van der Waals surface area contributed by atoms with E-state index in [0.717, 1.165) is 11.1 Å². The van der Waals surface area contributed by atoms with Crippen molar-refractivity contribution >= 4 is 25.6 Å². The van der Waals surface area contributed by atoms with E-state index in [1.165, 1.54) is 31.2 Å². The molecule has 3 aromatic rings. The van der Waals surface area contributed by atoms with Crippen molar-refractivity contribution in [2.24, 2.45) is 5.92 Å². The number of aliphatic carboxylic acids is 1. The lowest BCUT2D eigenvalue weighted by Gasteiger charge is -2.48. The van der Waals surface area contributed by atoms with Gasteiger partial charge in [0.05, 0.1) is 18.1 Å². The number of aliphatic hydroxyl groups is 4. The van der Waals surface area contributed by atoms with Crippen molar-refractivity contribution in [1.82, 2.24) is 0 Å². The Morgan fingerprint density at radius 2 is 1.62 bits per heavy atom. The SMILES string of the molecule is C[C@@]1(Oc2ccc([C@@H]3[C@@H](CC[C@H](O)c4ccc(F)cc4)C(=O)N3c3ccc(C#C[Si](C)(C)C)cc3)cc2)O[C@H](C(=O)O)[C@@H](O)[C@H](O)[C@H]1O. The highest BCUT2D eigenvalue weighted by Gasteiger charge is 2.55. The van der Waals surface area contributed by atoms with Gasteiger partial charge in [-0.3, -0.25) is 4.79 Å². The first kappa shape index (κ1) is 35.2. The number of hydrogen-bond donors (Lipinski definition) is 5. The number of nitrogens with zero attached hydrogens (tertiary/aromatic N) is 1. The maximum Gasteiger partial charge on any atom is 0.335 e. The van der Waals surface area contributed by atoms with E-state index < -0.39 is 68.1 Å². The molecule has 0 aliphatic carbocycles. The van der Waals surface area contributed by atoms with Gasteiger partial charge in [-0.25, -0.2) is 9.18 Å². The normalized spacial score (nSPS) is 27.8. The molecule has 0 unspecified atom stereocenters. The van der Waals surface area contributed by atoms with Gasteiger partial charge in [-0.2, -0.15) is 0 Å². The molecule has 0 bridgehead atoms. The lowest BCUT2D eigenvalue weighted by atomic mass is 9.78. The van der Waals surface area contributed by atoms with Gasteiger partial charge in [-0.1, -0.05) is 49.8 Å². The van der Waals surface area contributed by atoms with Gasteiger partial charge in [0.1, 0.15) is 38.0 Å². The van der Waals surface area contributed by atoms with Crippen LogP contribution in [0.3, 0.4) is 0 Å². The van der Waals surface area contributed by atoms with Crippen molar-refractivity contribution in [3.8, 4) is 17.2 Å². The molecule has 2 saturated heterocycles. The lowest BCUT2D eigenvalue weighted by Crippen LogP contribution is -2.66. The third kappa shape index (κ3) is 7.47. The standard InChI is InChI=1S/C36H40FNO9Si/c1-36(33(42)31(41)30(40)32(47-36)35(44)45)46-26-15-9-23(10-16-26)29-27(17-18-28(39)22-7-11-24(37)12-8-22)34(43)38(29)25-13-5-21(6-14-25)19-20-48(2,3)4/h5-16,27-33,39-42H,17-18H2,1-4H3,(H,44,45)/t27-,28+,29-,30+,31+,32+,33-,36-/m1/s1. The second kappa shape index (κ2) is 13.8. The summed E-state index contributed by atoms with van der Waals surface area (Å²) in [5.41, 5.74) is 6.16. The van der Waals surface area contributed by atoms with Crippen LogP contribution in [0, 0.1) is 23.2 Å². The number of benzene rings is 3. The number of carbonyl (C=O) groups is 2. The Morgan fingerprint density at radius 3 is 2.21 bits per heavy atom. The molecule has 2 fully saturated rings. The number of β-lactam (4-membered cyclic amide) rings is 1. The van der Waals surface area contributed by atoms with Crippen LogP contribution in [0.1, 0.15) is 48.6 Å². The molecule has 0 spiro atoms. The van der Waals surface area contributed by atoms with E-state index in [-0.39, 0.29) is 18.1 Å². The van der Waals surface area contributed by atoms with E-state index in [0.29, 0.717) is 17.7 Å². The van der Waals surface area contributed by atoms with Gasteiger partial charge in [0.2, 0.25) is 11.7 Å². The number of aliphatic hydroxyl groups excluding tert-OH is 4. The summed E-state index contributed by atoms with van der Waals surface area (Å²) in [6.07, 6.45) is -7.56. The van der Waals surface area contributed by atoms with Crippen LogP contribution in [0.4, 0.5) is 10.1 Å². The van der Waals surface area contributed by atoms with Gasteiger partial charge in [0.25, 0.3) is 0 Å². The molecule has 0 saturated carbocycles. The number of amides is 1. The number of anilines is 1. The first-order valence-electron chi connectivity index (χ1n) is 15.7. The van der Waals surface area contributed by atoms with Crippen LogP contribution in [-0.4, -0.2) is 75.7 Å². The van der Waals surface area contributed by atoms with E-state index in [1.807, 2.05) is 24.3 Å². The average Bonchev–Trinajstić information content (AvgIpc) is 3.04. The van der Waals surface area contributed by atoms with E-state index >= 15 is 0 Å². The molecule has 0 aromatic heterocycles. The summed E-state index contributed by atoms with van der Waals surface area (Å²) in [6, 6.07) is 19.2. The molecule has 2 aliphatic heterocycles. The first-order valence-corrected chi connectivity index (χ1v) is 19.2. The lowest BCUT2D eigenvalue weighted by molar-refractivity contribution is -0.322. The number of ether oxygens (including phenoxy) is 2. The van der Waals surface area contributed by atoms with Gasteiger partial charge in [-0.05, 0) is 72.5 Å². The summed E-state index contributed by atoms with van der Waals surface area (Å²) in [5, 5.41) is 51.2. The zero-order chi connectivity index (χ0) is 35.0. The van der Waals surface area contributed by atoms with Gasteiger partial charge in [0, 0.05) is 18.2 Å². The Kier molecular flexibility index (Phi) is 10.1. The van der Waals surface area contributed by atoms with Crippen LogP contribution in [0.25, 0.3) is 0 Å². The van der Waals surface area contributed by atoms with Crippen molar-refractivity contribution < 1.29 is 49.0 Å². The summed E-state index contributed by atoms with van der Waals surface area (Å²) in [6.45, 7) is 7.74. The van der Waals surface area contributed by atoms with Gasteiger partial charge >= 0.3 is 5.97 Å². The molecule has 8 atom stereocenters. The van der Waals surface area contributed by atoms with Crippen molar-refractivity contribution in [3.05, 3.63) is 95.3 Å². The minimum absolute atomic E-state index is 0.119. The van der Waals surface area contributed by atoms with Crippen molar-refractivity contribution in [2.45, 2.75) is 81.8 Å². The number of carbonyl (C=O) groups excluding carboxylic acids is 1. The summed E-state index contributed by atoms with van der Waals surface area (Å²) < 4.78 is 24.7. The molecule has 1 amide bonds. The van der Waals surface area contributed by atoms with Crippen LogP contribution in [0.2, 0.25) is 19.6 Å².